The minimum atomic E-state index is -0.198. The molecule has 1 aromatic heterocycles. The fourth-order valence-electron chi connectivity index (χ4n) is 1.75. The molecule has 0 saturated heterocycles. The van der Waals surface area contributed by atoms with Crippen LogP contribution in [0.25, 0.3) is 11.0 Å². The molecule has 0 aliphatic carbocycles. The normalized spacial score (nSPS) is 14.6. The zero-order valence-corrected chi connectivity index (χ0v) is 10.7. The first-order valence-electron chi connectivity index (χ1n) is 6.13. The number of aromatic nitrogens is 2. The molecule has 1 aromatic carbocycles. The molecule has 1 atom stereocenters. The summed E-state index contributed by atoms with van der Waals surface area (Å²) in [4.78, 5) is 16.6. The molecule has 0 aliphatic heterocycles. The second-order valence-electron chi connectivity index (χ2n) is 5.02. The molecular weight excluding hydrogens is 230 g/mol. The van der Waals surface area contributed by atoms with Crippen molar-refractivity contribution in [2.75, 3.05) is 18.5 Å². The van der Waals surface area contributed by atoms with Gasteiger partial charge in [0.1, 0.15) is 0 Å². The standard InChI is InChI=1S/C13H19N3O2/c1-3-13(2,8-17)7-14-9-4-5-10-11(6-9)16-12(18)15-10/h4-6,14,17H,3,7-8H2,1-2H3,(H2,15,16,18). The first kappa shape index (κ1) is 12.7. The van der Waals surface area contributed by atoms with Gasteiger partial charge in [0.05, 0.1) is 17.6 Å². The van der Waals surface area contributed by atoms with Gasteiger partial charge in [0.15, 0.2) is 0 Å². The van der Waals surface area contributed by atoms with Crippen LogP contribution in [-0.4, -0.2) is 28.2 Å². The number of hydrogen-bond acceptors (Lipinski definition) is 3. The number of anilines is 1. The summed E-state index contributed by atoms with van der Waals surface area (Å²) in [6.45, 7) is 4.95. The Labute approximate surface area is 105 Å². The number of aliphatic hydroxyl groups excluding tert-OH is 1. The van der Waals surface area contributed by atoms with Crippen molar-refractivity contribution >= 4 is 16.7 Å². The van der Waals surface area contributed by atoms with E-state index in [0.717, 1.165) is 23.1 Å². The van der Waals surface area contributed by atoms with E-state index in [2.05, 4.69) is 22.2 Å². The third-order valence-electron chi connectivity index (χ3n) is 3.47. The van der Waals surface area contributed by atoms with Crippen LogP contribution in [0.5, 0.6) is 0 Å². The van der Waals surface area contributed by atoms with Crippen molar-refractivity contribution in [3.05, 3.63) is 28.7 Å². The lowest BCUT2D eigenvalue weighted by Gasteiger charge is -2.26. The van der Waals surface area contributed by atoms with Crippen molar-refractivity contribution in [1.29, 1.82) is 0 Å². The van der Waals surface area contributed by atoms with E-state index in [1.54, 1.807) is 0 Å². The van der Waals surface area contributed by atoms with Crippen LogP contribution >= 0.6 is 0 Å². The molecule has 5 heteroatoms. The average Bonchev–Trinajstić information content (AvgIpc) is 2.75. The molecule has 0 amide bonds. The van der Waals surface area contributed by atoms with Gasteiger partial charge in [-0.1, -0.05) is 13.8 Å². The van der Waals surface area contributed by atoms with E-state index in [4.69, 9.17) is 0 Å². The monoisotopic (exact) mass is 249 g/mol. The maximum absolute atomic E-state index is 11.1. The van der Waals surface area contributed by atoms with Gasteiger partial charge in [-0.2, -0.15) is 0 Å². The number of aromatic amines is 2. The first-order chi connectivity index (χ1) is 8.56. The van der Waals surface area contributed by atoms with Gasteiger partial charge in [-0.05, 0) is 24.6 Å². The molecule has 0 radical (unpaired) electrons. The number of hydrogen-bond donors (Lipinski definition) is 4. The number of nitrogens with one attached hydrogen (secondary N) is 3. The molecule has 0 fully saturated rings. The summed E-state index contributed by atoms with van der Waals surface area (Å²) < 4.78 is 0. The number of H-pyrrole nitrogens is 2. The molecule has 1 heterocycles. The topological polar surface area (TPSA) is 80.9 Å². The van der Waals surface area contributed by atoms with E-state index >= 15 is 0 Å². The lowest BCUT2D eigenvalue weighted by molar-refractivity contribution is 0.149. The molecular formula is C13H19N3O2. The molecule has 1 unspecified atom stereocenters. The second-order valence-corrected chi connectivity index (χ2v) is 5.02. The summed E-state index contributed by atoms with van der Waals surface area (Å²) in [5, 5.41) is 12.6. The van der Waals surface area contributed by atoms with Gasteiger partial charge >= 0.3 is 5.69 Å². The summed E-state index contributed by atoms with van der Waals surface area (Å²) >= 11 is 0. The van der Waals surface area contributed by atoms with Gasteiger partial charge in [0, 0.05) is 17.6 Å². The third-order valence-corrected chi connectivity index (χ3v) is 3.47. The highest BCUT2D eigenvalue weighted by Crippen LogP contribution is 2.22. The molecule has 4 N–H and O–H groups in total. The minimum Gasteiger partial charge on any atom is -0.396 e. The molecule has 98 valence electrons. The zero-order valence-electron chi connectivity index (χ0n) is 10.7. The van der Waals surface area contributed by atoms with Crippen molar-refractivity contribution in [3.63, 3.8) is 0 Å². The highest BCUT2D eigenvalue weighted by molar-refractivity contribution is 5.78. The smallest absolute Gasteiger partial charge is 0.323 e. The van der Waals surface area contributed by atoms with Gasteiger partial charge in [0.2, 0.25) is 0 Å². The zero-order chi connectivity index (χ0) is 13.2. The largest absolute Gasteiger partial charge is 0.396 e. The third kappa shape index (κ3) is 2.56. The molecule has 0 bridgehead atoms. The summed E-state index contributed by atoms with van der Waals surface area (Å²) in [6.07, 6.45) is 0.903. The van der Waals surface area contributed by atoms with Crippen molar-refractivity contribution in [2.45, 2.75) is 20.3 Å². The van der Waals surface area contributed by atoms with E-state index in [0.29, 0.717) is 6.54 Å². The van der Waals surface area contributed by atoms with E-state index < -0.39 is 0 Å². The Bertz CT molecular complexity index is 581. The van der Waals surface area contributed by atoms with Crippen molar-refractivity contribution in [2.24, 2.45) is 5.41 Å². The van der Waals surface area contributed by atoms with Crippen LogP contribution in [0, 0.1) is 5.41 Å². The Morgan fingerprint density at radius 2 is 2.06 bits per heavy atom. The Hall–Kier alpha value is -1.75. The van der Waals surface area contributed by atoms with E-state index in [1.165, 1.54) is 0 Å². The van der Waals surface area contributed by atoms with Gasteiger partial charge in [-0.25, -0.2) is 4.79 Å². The van der Waals surface area contributed by atoms with Crippen LogP contribution in [0.2, 0.25) is 0 Å². The number of imidazole rings is 1. The maximum Gasteiger partial charge on any atom is 0.323 e. The molecule has 2 aromatic rings. The molecule has 0 aliphatic rings. The molecule has 2 rings (SSSR count). The Balaban J connectivity index is 2.14. The predicted octanol–water partition coefficient (Wildman–Crippen LogP) is 1.68. The summed E-state index contributed by atoms with van der Waals surface area (Å²) in [6, 6.07) is 5.66. The van der Waals surface area contributed by atoms with Gasteiger partial charge in [0.25, 0.3) is 0 Å². The minimum absolute atomic E-state index is 0.124. The summed E-state index contributed by atoms with van der Waals surface area (Å²) in [5.74, 6) is 0. The van der Waals surface area contributed by atoms with Crippen LogP contribution in [0.3, 0.4) is 0 Å². The SMILES string of the molecule is CCC(C)(CO)CNc1ccc2[nH]c(=O)[nH]c2c1. The number of fused-ring (bicyclic) bond motifs is 1. The summed E-state index contributed by atoms with van der Waals surface area (Å²) in [7, 11) is 0. The highest BCUT2D eigenvalue weighted by Gasteiger charge is 2.20. The first-order valence-corrected chi connectivity index (χ1v) is 6.13. The highest BCUT2D eigenvalue weighted by atomic mass is 16.3. The number of aliphatic hydroxyl groups is 1. The van der Waals surface area contributed by atoms with Crippen LogP contribution in [0.4, 0.5) is 5.69 Å². The van der Waals surface area contributed by atoms with Gasteiger partial charge in [-0.3, -0.25) is 0 Å². The number of rotatable bonds is 5. The van der Waals surface area contributed by atoms with E-state index in [1.807, 2.05) is 25.1 Å². The summed E-state index contributed by atoms with van der Waals surface area (Å²) in [5.41, 5.74) is 2.19. The lowest BCUT2D eigenvalue weighted by atomic mass is 9.88. The van der Waals surface area contributed by atoms with Crippen LogP contribution < -0.4 is 11.0 Å². The van der Waals surface area contributed by atoms with Crippen LogP contribution in [-0.2, 0) is 0 Å². The van der Waals surface area contributed by atoms with E-state index in [9.17, 15) is 9.90 Å². The average molecular weight is 249 g/mol. The van der Waals surface area contributed by atoms with Crippen molar-refractivity contribution < 1.29 is 5.11 Å². The quantitative estimate of drug-likeness (QED) is 0.650. The van der Waals surface area contributed by atoms with Gasteiger partial charge in [-0.15, -0.1) is 0 Å². The Morgan fingerprint density at radius 3 is 2.72 bits per heavy atom. The van der Waals surface area contributed by atoms with Crippen LogP contribution in [0.15, 0.2) is 23.0 Å². The molecule has 0 saturated carbocycles. The fraction of sp³-hybridized carbons (Fsp3) is 0.462. The Morgan fingerprint density at radius 1 is 1.33 bits per heavy atom. The predicted molar refractivity (Wildman–Crippen MR) is 72.9 cm³/mol. The molecule has 5 nitrogen and oxygen atoms in total. The fourth-order valence-corrected chi connectivity index (χ4v) is 1.75. The van der Waals surface area contributed by atoms with Crippen molar-refractivity contribution in [1.82, 2.24) is 9.97 Å². The van der Waals surface area contributed by atoms with Crippen molar-refractivity contribution in [3.8, 4) is 0 Å². The molecule has 0 spiro atoms. The second kappa shape index (κ2) is 4.86. The Kier molecular flexibility index (Phi) is 3.43. The number of benzene rings is 1. The van der Waals surface area contributed by atoms with E-state index in [-0.39, 0.29) is 17.7 Å². The molecule has 18 heavy (non-hydrogen) atoms. The van der Waals surface area contributed by atoms with Crippen LogP contribution in [0.1, 0.15) is 20.3 Å². The maximum atomic E-state index is 11.1. The van der Waals surface area contributed by atoms with Gasteiger partial charge < -0.3 is 20.4 Å². The lowest BCUT2D eigenvalue weighted by Crippen LogP contribution is -2.29.